The van der Waals surface area contributed by atoms with E-state index in [2.05, 4.69) is 4.98 Å². The van der Waals surface area contributed by atoms with Gasteiger partial charge in [-0.3, -0.25) is 4.79 Å². The summed E-state index contributed by atoms with van der Waals surface area (Å²) in [5, 5.41) is 10.2. The first-order valence-corrected chi connectivity index (χ1v) is 8.58. The summed E-state index contributed by atoms with van der Waals surface area (Å²) in [6, 6.07) is 6.41. The van der Waals surface area contributed by atoms with Crippen molar-refractivity contribution in [1.82, 2.24) is 9.88 Å². The number of methoxy groups -OCH3 is 2. The number of halogens is 1. The summed E-state index contributed by atoms with van der Waals surface area (Å²) in [5.41, 5.74) is 0.909. The first kappa shape index (κ1) is 19.3. The van der Waals surface area contributed by atoms with Crippen LogP contribution in [0.4, 0.5) is 4.39 Å². The van der Waals surface area contributed by atoms with Gasteiger partial charge in [-0.25, -0.2) is 9.37 Å². The maximum atomic E-state index is 14.8. The number of hydrogen-bond acceptors (Lipinski definition) is 5. The van der Waals surface area contributed by atoms with E-state index >= 15 is 0 Å². The minimum Gasteiger partial charge on any atom is -0.481 e. The number of amides is 1. The Kier molecular flexibility index (Phi) is 4.92. The summed E-state index contributed by atoms with van der Waals surface area (Å²) >= 11 is 0. The fraction of sp³-hybridized carbons (Fsp3) is 0.400. The van der Waals surface area contributed by atoms with Crippen molar-refractivity contribution in [3.63, 3.8) is 0 Å². The molecule has 7 heteroatoms. The first-order chi connectivity index (χ1) is 12.7. The number of aliphatic hydroxyl groups is 1. The molecule has 0 bridgehead atoms. The lowest BCUT2D eigenvalue weighted by Crippen LogP contribution is -2.29. The van der Waals surface area contributed by atoms with Crippen LogP contribution in [-0.2, 0) is 16.9 Å². The Hall–Kier alpha value is -2.51. The SMILES string of the molecule is COc1nc(C)ccc1CN1C(=O)c2cc(C(C)(C)O)cc(F)c2C1OC. The Labute approximate surface area is 157 Å². The van der Waals surface area contributed by atoms with E-state index < -0.39 is 17.6 Å². The topological polar surface area (TPSA) is 71.9 Å². The number of ether oxygens (including phenoxy) is 2. The van der Waals surface area contributed by atoms with Crippen molar-refractivity contribution in [3.8, 4) is 5.88 Å². The number of carbonyl (C=O) groups excluding carboxylic acids is 1. The van der Waals surface area contributed by atoms with Crippen LogP contribution in [-0.4, -0.2) is 35.1 Å². The average molecular weight is 374 g/mol. The van der Waals surface area contributed by atoms with Gasteiger partial charge in [-0.05, 0) is 44.5 Å². The zero-order valence-electron chi connectivity index (χ0n) is 16.0. The Morgan fingerprint density at radius 1 is 1.30 bits per heavy atom. The molecule has 1 aliphatic heterocycles. The number of benzene rings is 1. The van der Waals surface area contributed by atoms with Crippen molar-refractivity contribution in [3.05, 3.63) is 58.0 Å². The molecule has 1 aliphatic rings. The second-order valence-electron chi connectivity index (χ2n) is 7.12. The van der Waals surface area contributed by atoms with Gasteiger partial charge < -0.3 is 19.5 Å². The van der Waals surface area contributed by atoms with Crippen molar-refractivity contribution in [1.29, 1.82) is 0 Å². The van der Waals surface area contributed by atoms with Crippen LogP contribution in [0.25, 0.3) is 0 Å². The molecule has 0 spiro atoms. The molecular weight excluding hydrogens is 351 g/mol. The van der Waals surface area contributed by atoms with E-state index in [1.54, 1.807) is 13.8 Å². The highest BCUT2D eigenvalue weighted by Crippen LogP contribution is 2.39. The summed E-state index contributed by atoms with van der Waals surface area (Å²) in [7, 11) is 2.93. The highest BCUT2D eigenvalue weighted by molar-refractivity contribution is 5.99. The molecule has 0 fully saturated rings. The van der Waals surface area contributed by atoms with Gasteiger partial charge in [-0.1, -0.05) is 6.07 Å². The number of carbonyl (C=O) groups is 1. The van der Waals surface area contributed by atoms with Crippen LogP contribution in [0.2, 0.25) is 0 Å². The van der Waals surface area contributed by atoms with Gasteiger partial charge >= 0.3 is 0 Å². The lowest BCUT2D eigenvalue weighted by molar-refractivity contribution is -0.0181. The molecule has 0 saturated heterocycles. The summed E-state index contributed by atoms with van der Waals surface area (Å²) < 4.78 is 25.5. The number of fused-ring (bicyclic) bond motifs is 1. The molecule has 6 nitrogen and oxygen atoms in total. The molecule has 1 unspecified atom stereocenters. The van der Waals surface area contributed by atoms with E-state index in [4.69, 9.17) is 9.47 Å². The van der Waals surface area contributed by atoms with E-state index in [1.807, 2.05) is 19.1 Å². The predicted octanol–water partition coefficient (Wildman–Crippen LogP) is 3.07. The van der Waals surface area contributed by atoms with E-state index in [-0.39, 0.29) is 23.6 Å². The normalized spacial score (nSPS) is 16.6. The molecule has 0 saturated carbocycles. The first-order valence-electron chi connectivity index (χ1n) is 8.58. The van der Waals surface area contributed by atoms with Crippen molar-refractivity contribution in [2.75, 3.05) is 14.2 Å². The van der Waals surface area contributed by atoms with Crippen molar-refractivity contribution in [2.45, 2.75) is 39.1 Å². The number of aryl methyl sites for hydroxylation is 1. The summed E-state index contributed by atoms with van der Waals surface area (Å²) in [5.74, 6) is -0.544. The van der Waals surface area contributed by atoms with Gasteiger partial charge in [0, 0.05) is 23.9 Å². The fourth-order valence-corrected chi connectivity index (χ4v) is 3.26. The quantitative estimate of drug-likeness (QED) is 0.871. The van der Waals surface area contributed by atoms with E-state index in [0.717, 1.165) is 5.69 Å². The van der Waals surface area contributed by atoms with Crippen molar-refractivity contribution >= 4 is 5.91 Å². The number of aromatic nitrogens is 1. The van der Waals surface area contributed by atoms with Gasteiger partial charge in [0.05, 0.1) is 24.8 Å². The molecular formula is C20H23FN2O4. The molecule has 1 atom stereocenters. The second kappa shape index (κ2) is 6.90. The van der Waals surface area contributed by atoms with E-state index in [1.165, 1.54) is 31.3 Å². The molecule has 1 N–H and O–H groups in total. The molecule has 3 rings (SSSR count). The third-order valence-electron chi connectivity index (χ3n) is 4.69. The maximum absolute atomic E-state index is 14.8. The van der Waals surface area contributed by atoms with Crippen LogP contribution in [0, 0.1) is 12.7 Å². The van der Waals surface area contributed by atoms with Crippen LogP contribution >= 0.6 is 0 Å². The third kappa shape index (κ3) is 3.40. The van der Waals surface area contributed by atoms with Crippen LogP contribution in [0.1, 0.15) is 52.8 Å². The molecule has 0 aliphatic carbocycles. The molecule has 27 heavy (non-hydrogen) atoms. The van der Waals surface area contributed by atoms with Gasteiger partial charge in [-0.2, -0.15) is 0 Å². The van der Waals surface area contributed by atoms with Crippen LogP contribution in [0.15, 0.2) is 24.3 Å². The number of nitrogens with zero attached hydrogens (tertiary/aromatic N) is 2. The molecule has 1 amide bonds. The standard InChI is InChI=1S/C20H23FN2O4/c1-11-6-7-12(17(22-11)26-4)10-23-18(24)14-8-13(20(2,3)25)9-15(21)16(14)19(23)27-5/h6-9,19,25H,10H2,1-5H3. The zero-order valence-corrected chi connectivity index (χ0v) is 16.0. The number of rotatable bonds is 5. The van der Waals surface area contributed by atoms with Gasteiger partial charge in [0.15, 0.2) is 6.23 Å². The van der Waals surface area contributed by atoms with Gasteiger partial charge in [0.25, 0.3) is 5.91 Å². The third-order valence-corrected chi connectivity index (χ3v) is 4.69. The zero-order chi connectivity index (χ0) is 19.9. The van der Waals surface area contributed by atoms with Crippen LogP contribution in [0.3, 0.4) is 0 Å². The average Bonchev–Trinajstić information content (AvgIpc) is 2.88. The minimum atomic E-state index is -1.27. The second-order valence-corrected chi connectivity index (χ2v) is 7.12. The van der Waals surface area contributed by atoms with Crippen LogP contribution < -0.4 is 4.74 Å². The molecule has 144 valence electrons. The fourth-order valence-electron chi connectivity index (χ4n) is 3.26. The molecule has 0 radical (unpaired) electrons. The maximum Gasteiger partial charge on any atom is 0.257 e. The summed E-state index contributed by atoms with van der Waals surface area (Å²) in [6.07, 6.45) is -0.866. The Bertz CT molecular complexity index is 892. The highest BCUT2D eigenvalue weighted by atomic mass is 19.1. The van der Waals surface area contributed by atoms with E-state index in [0.29, 0.717) is 17.0 Å². The molecule has 1 aromatic carbocycles. The Morgan fingerprint density at radius 2 is 2.00 bits per heavy atom. The smallest absolute Gasteiger partial charge is 0.257 e. The monoisotopic (exact) mass is 374 g/mol. The predicted molar refractivity (Wildman–Crippen MR) is 96.8 cm³/mol. The number of pyridine rings is 1. The van der Waals surface area contributed by atoms with Crippen molar-refractivity contribution in [2.24, 2.45) is 0 Å². The molecule has 2 aromatic rings. The minimum absolute atomic E-state index is 0.153. The lowest BCUT2D eigenvalue weighted by Gasteiger charge is -2.24. The number of hydrogen-bond donors (Lipinski definition) is 1. The van der Waals surface area contributed by atoms with Gasteiger partial charge in [0.1, 0.15) is 5.82 Å². The molecule has 1 aromatic heterocycles. The Morgan fingerprint density at radius 3 is 2.59 bits per heavy atom. The largest absolute Gasteiger partial charge is 0.481 e. The highest BCUT2D eigenvalue weighted by Gasteiger charge is 2.40. The Balaban J connectivity index is 2.04. The molecule has 2 heterocycles. The van der Waals surface area contributed by atoms with Crippen molar-refractivity contribution < 1.29 is 23.8 Å². The summed E-state index contributed by atoms with van der Waals surface area (Å²) in [4.78, 5) is 18.7. The van der Waals surface area contributed by atoms with Crippen LogP contribution in [0.5, 0.6) is 5.88 Å². The lowest BCUT2D eigenvalue weighted by atomic mass is 9.94. The summed E-state index contributed by atoms with van der Waals surface area (Å²) in [6.45, 7) is 5.08. The van der Waals surface area contributed by atoms with Gasteiger partial charge in [0.2, 0.25) is 5.88 Å². The van der Waals surface area contributed by atoms with E-state index in [9.17, 15) is 14.3 Å². The van der Waals surface area contributed by atoms with Gasteiger partial charge in [-0.15, -0.1) is 0 Å².